The molecule has 17 heavy (non-hydrogen) atoms. The molecule has 4 nitrogen and oxygen atoms in total. The van der Waals surface area contributed by atoms with Crippen LogP contribution in [0.15, 0.2) is 6.07 Å². The molecule has 0 aliphatic heterocycles. The summed E-state index contributed by atoms with van der Waals surface area (Å²) in [7, 11) is 0. The number of hydrogen-bond donors (Lipinski definition) is 1. The molecule has 0 unspecified atom stereocenters. The molecular weight excluding hydrogens is 256 g/mol. The molecule has 0 spiro atoms. The zero-order valence-corrected chi connectivity index (χ0v) is 9.67. The number of rotatable bonds is 4. The molecule has 7 heteroatoms. The number of ether oxygens (including phenoxy) is 1. The standard InChI is InChI=1S/C10H10ClF2NO3/c1-2-17-10(16)6-3-5(4-11)14-7(8(6)15)9(12)13/h3,9,15H,2,4H2,1H3. The number of hydrogen-bond acceptors (Lipinski definition) is 4. The predicted molar refractivity (Wildman–Crippen MR) is 56.4 cm³/mol. The van der Waals surface area contributed by atoms with Gasteiger partial charge in [-0.15, -0.1) is 11.6 Å². The summed E-state index contributed by atoms with van der Waals surface area (Å²) in [5, 5.41) is 9.49. The highest BCUT2D eigenvalue weighted by Gasteiger charge is 2.23. The second-order valence-corrected chi connectivity index (χ2v) is 3.32. The highest BCUT2D eigenvalue weighted by Crippen LogP contribution is 2.30. The van der Waals surface area contributed by atoms with E-state index in [4.69, 9.17) is 11.6 Å². The van der Waals surface area contributed by atoms with E-state index in [1.165, 1.54) is 0 Å². The lowest BCUT2D eigenvalue weighted by Gasteiger charge is -2.09. The number of carbonyl (C=O) groups is 1. The minimum absolute atomic E-state index is 0.0703. The van der Waals surface area contributed by atoms with Gasteiger partial charge in [0.25, 0.3) is 6.43 Å². The zero-order chi connectivity index (χ0) is 13.0. The number of halogens is 3. The first-order chi connectivity index (χ1) is 8.01. The highest BCUT2D eigenvalue weighted by molar-refractivity contribution is 6.17. The molecule has 0 aliphatic carbocycles. The second kappa shape index (κ2) is 5.77. The number of carbonyl (C=O) groups excluding carboxylic acids is 1. The molecule has 1 aromatic heterocycles. The van der Waals surface area contributed by atoms with Gasteiger partial charge in [0.15, 0.2) is 5.75 Å². The van der Waals surface area contributed by atoms with Crippen molar-refractivity contribution in [3.05, 3.63) is 23.0 Å². The van der Waals surface area contributed by atoms with Gasteiger partial charge in [-0.25, -0.2) is 18.6 Å². The van der Waals surface area contributed by atoms with Crippen molar-refractivity contribution < 1.29 is 23.4 Å². The van der Waals surface area contributed by atoms with Crippen LogP contribution in [-0.2, 0) is 10.6 Å². The van der Waals surface area contributed by atoms with Crippen LogP contribution >= 0.6 is 11.6 Å². The van der Waals surface area contributed by atoms with Crippen molar-refractivity contribution in [1.82, 2.24) is 4.98 Å². The van der Waals surface area contributed by atoms with Gasteiger partial charge >= 0.3 is 5.97 Å². The smallest absolute Gasteiger partial charge is 0.342 e. The lowest BCUT2D eigenvalue weighted by Crippen LogP contribution is -2.08. The predicted octanol–water partition coefficient (Wildman–Crippen LogP) is 2.64. The molecule has 0 radical (unpaired) electrons. The summed E-state index contributed by atoms with van der Waals surface area (Å²) in [5.41, 5.74) is -1.15. The Morgan fingerprint density at radius 1 is 1.65 bits per heavy atom. The maximum Gasteiger partial charge on any atom is 0.342 e. The van der Waals surface area contributed by atoms with E-state index in [9.17, 15) is 18.7 Å². The Hall–Kier alpha value is -1.43. The number of alkyl halides is 3. The van der Waals surface area contributed by atoms with Crippen LogP contribution in [0.5, 0.6) is 5.75 Å². The summed E-state index contributed by atoms with van der Waals surface area (Å²) in [5.74, 6) is -1.90. The molecule has 0 bridgehead atoms. The molecule has 0 atom stereocenters. The minimum Gasteiger partial charge on any atom is -0.505 e. The van der Waals surface area contributed by atoms with Gasteiger partial charge in [0, 0.05) is 0 Å². The average molecular weight is 266 g/mol. The van der Waals surface area contributed by atoms with Gasteiger partial charge in [0.05, 0.1) is 18.2 Å². The first-order valence-corrected chi connectivity index (χ1v) is 5.28. The van der Waals surface area contributed by atoms with Gasteiger partial charge in [-0.3, -0.25) is 0 Å². The topological polar surface area (TPSA) is 59.4 Å². The van der Waals surface area contributed by atoms with Gasteiger partial charge in [-0.05, 0) is 13.0 Å². The molecule has 1 heterocycles. The number of esters is 1. The third kappa shape index (κ3) is 3.03. The van der Waals surface area contributed by atoms with Crippen molar-refractivity contribution in [2.45, 2.75) is 19.2 Å². The first-order valence-electron chi connectivity index (χ1n) is 4.75. The number of nitrogens with zero attached hydrogens (tertiary/aromatic N) is 1. The summed E-state index contributed by atoms with van der Waals surface area (Å²) >= 11 is 5.47. The fourth-order valence-electron chi connectivity index (χ4n) is 1.20. The highest BCUT2D eigenvalue weighted by atomic mass is 35.5. The van der Waals surface area contributed by atoms with Crippen LogP contribution in [0.3, 0.4) is 0 Å². The quantitative estimate of drug-likeness (QED) is 0.672. The summed E-state index contributed by atoms with van der Waals surface area (Å²) in [6.07, 6.45) is -2.99. The molecule has 0 amide bonds. The van der Waals surface area contributed by atoms with Crippen LogP contribution in [-0.4, -0.2) is 22.7 Å². The van der Waals surface area contributed by atoms with E-state index in [0.717, 1.165) is 6.07 Å². The monoisotopic (exact) mass is 265 g/mol. The van der Waals surface area contributed by atoms with E-state index in [-0.39, 0.29) is 23.7 Å². The van der Waals surface area contributed by atoms with E-state index < -0.39 is 23.8 Å². The fourth-order valence-corrected chi connectivity index (χ4v) is 1.33. The van der Waals surface area contributed by atoms with E-state index in [2.05, 4.69) is 9.72 Å². The third-order valence-electron chi connectivity index (χ3n) is 1.91. The Morgan fingerprint density at radius 2 is 2.29 bits per heavy atom. The van der Waals surface area contributed by atoms with Crippen molar-refractivity contribution in [2.75, 3.05) is 6.61 Å². The maximum absolute atomic E-state index is 12.6. The SMILES string of the molecule is CCOC(=O)c1cc(CCl)nc(C(F)F)c1O. The molecule has 0 saturated carbocycles. The van der Waals surface area contributed by atoms with Crippen molar-refractivity contribution in [1.29, 1.82) is 0 Å². The van der Waals surface area contributed by atoms with Crippen LogP contribution in [0, 0.1) is 0 Å². The van der Waals surface area contributed by atoms with E-state index in [1.807, 2.05) is 0 Å². The average Bonchev–Trinajstić information content (AvgIpc) is 2.29. The minimum atomic E-state index is -2.99. The largest absolute Gasteiger partial charge is 0.505 e. The Morgan fingerprint density at radius 3 is 2.76 bits per heavy atom. The Kier molecular flexibility index (Phi) is 4.62. The summed E-state index contributed by atoms with van der Waals surface area (Å²) in [4.78, 5) is 14.9. The Balaban J connectivity index is 3.28. The molecular formula is C10H10ClF2NO3. The van der Waals surface area contributed by atoms with E-state index in [0.29, 0.717) is 0 Å². The Bertz CT molecular complexity index is 426. The zero-order valence-electron chi connectivity index (χ0n) is 8.91. The van der Waals surface area contributed by atoms with Crippen molar-refractivity contribution >= 4 is 17.6 Å². The summed E-state index contributed by atoms with van der Waals surface area (Å²) in [6, 6.07) is 1.13. The third-order valence-corrected chi connectivity index (χ3v) is 2.19. The van der Waals surface area contributed by atoms with Crippen LogP contribution in [0.1, 0.15) is 35.1 Å². The molecule has 0 saturated heterocycles. The van der Waals surface area contributed by atoms with Gasteiger partial charge < -0.3 is 9.84 Å². The van der Waals surface area contributed by atoms with Crippen molar-refractivity contribution in [3.8, 4) is 5.75 Å². The van der Waals surface area contributed by atoms with Gasteiger partial charge in [0.1, 0.15) is 11.3 Å². The van der Waals surface area contributed by atoms with E-state index >= 15 is 0 Å². The normalized spacial score (nSPS) is 10.6. The lowest BCUT2D eigenvalue weighted by atomic mass is 10.1. The number of pyridine rings is 1. The Labute approximate surface area is 101 Å². The number of aromatic nitrogens is 1. The van der Waals surface area contributed by atoms with Gasteiger partial charge in [-0.1, -0.05) is 0 Å². The van der Waals surface area contributed by atoms with Crippen molar-refractivity contribution in [2.24, 2.45) is 0 Å². The van der Waals surface area contributed by atoms with Crippen molar-refractivity contribution in [3.63, 3.8) is 0 Å². The van der Waals surface area contributed by atoms with Gasteiger partial charge in [0.2, 0.25) is 0 Å². The fraction of sp³-hybridized carbons (Fsp3) is 0.400. The van der Waals surface area contributed by atoms with Gasteiger partial charge in [-0.2, -0.15) is 0 Å². The molecule has 1 N–H and O–H groups in total. The molecule has 0 aliphatic rings. The number of aromatic hydroxyl groups is 1. The maximum atomic E-state index is 12.6. The molecule has 0 fully saturated rings. The molecule has 1 aromatic rings. The van der Waals surface area contributed by atoms with Crippen LogP contribution < -0.4 is 0 Å². The second-order valence-electron chi connectivity index (χ2n) is 3.05. The lowest BCUT2D eigenvalue weighted by molar-refractivity contribution is 0.0521. The molecule has 1 rings (SSSR count). The van der Waals surface area contributed by atoms with Crippen LogP contribution in [0.4, 0.5) is 8.78 Å². The summed E-state index contributed by atoms with van der Waals surface area (Å²) in [6.45, 7) is 1.63. The first kappa shape index (κ1) is 13.6. The summed E-state index contributed by atoms with van der Waals surface area (Å²) < 4.78 is 29.7. The van der Waals surface area contributed by atoms with E-state index in [1.54, 1.807) is 6.92 Å². The molecule has 94 valence electrons. The van der Waals surface area contributed by atoms with Crippen LogP contribution in [0.2, 0.25) is 0 Å². The van der Waals surface area contributed by atoms with Crippen LogP contribution in [0.25, 0.3) is 0 Å². The molecule has 0 aromatic carbocycles.